The Balaban J connectivity index is 2.24. The number of rotatable bonds is 2. The summed E-state index contributed by atoms with van der Waals surface area (Å²) in [6.07, 6.45) is 6.87. The van der Waals surface area contributed by atoms with Crippen LogP contribution in [0.5, 0.6) is 0 Å². The third-order valence-corrected chi connectivity index (χ3v) is 1.71. The normalized spacial score (nSPS) is 10.0. The van der Waals surface area contributed by atoms with Crippen molar-refractivity contribution in [2.45, 2.75) is 6.42 Å². The van der Waals surface area contributed by atoms with Crippen LogP contribution in [0.1, 0.15) is 11.4 Å². The first-order valence-corrected chi connectivity index (χ1v) is 4.13. The van der Waals surface area contributed by atoms with Crippen LogP contribution in [0.2, 0.25) is 0 Å². The number of H-pyrrole nitrogens is 1. The molecular formula is C9H8N4O. The molecule has 14 heavy (non-hydrogen) atoms. The van der Waals surface area contributed by atoms with Gasteiger partial charge < -0.3 is 4.98 Å². The van der Waals surface area contributed by atoms with Gasteiger partial charge in [-0.05, 0) is 5.56 Å². The van der Waals surface area contributed by atoms with Gasteiger partial charge in [0.1, 0.15) is 12.2 Å². The highest BCUT2D eigenvalue weighted by Crippen LogP contribution is 1.99. The van der Waals surface area contributed by atoms with Gasteiger partial charge in [-0.3, -0.25) is 4.79 Å². The summed E-state index contributed by atoms with van der Waals surface area (Å²) in [6, 6.07) is 1.38. The molecule has 2 heterocycles. The molecule has 0 radical (unpaired) electrons. The topological polar surface area (TPSA) is 71.5 Å². The van der Waals surface area contributed by atoms with Gasteiger partial charge in [-0.25, -0.2) is 15.0 Å². The lowest BCUT2D eigenvalue weighted by Gasteiger charge is -1.98. The van der Waals surface area contributed by atoms with Gasteiger partial charge in [0.05, 0.1) is 0 Å². The molecule has 0 amide bonds. The third kappa shape index (κ3) is 2.01. The molecule has 0 fully saturated rings. The van der Waals surface area contributed by atoms with Gasteiger partial charge in [-0.15, -0.1) is 0 Å². The molecule has 2 aromatic rings. The van der Waals surface area contributed by atoms with Crippen LogP contribution in [0.25, 0.3) is 0 Å². The van der Waals surface area contributed by atoms with Gasteiger partial charge in [-0.1, -0.05) is 0 Å². The maximum Gasteiger partial charge on any atom is 0.250 e. The molecule has 0 aliphatic carbocycles. The van der Waals surface area contributed by atoms with E-state index in [1.165, 1.54) is 18.6 Å². The van der Waals surface area contributed by atoms with Crippen molar-refractivity contribution in [3.63, 3.8) is 0 Å². The minimum atomic E-state index is -0.146. The number of hydrogen-bond acceptors (Lipinski definition) is 4. The Morgan fingerprint density at radius 1 is 1.29 bits per heavy atom. The van der Waals surface area contributed by atoms with Crippen LogP contribution in [-0.4, -0.2) is 19.9 Å². The Hall–Kier alpha value is -2.04. The molecular weight excluding hydrogens is 180 g/mol. The van der Waals surface area contributed by atoms with Crippen molar-refractivity contribution in [1.29, 1.82) is 0 Å². The van der Waals surface area contributed by atoms with E-state index in [0.29, 0.717) is 12.2 Å². The van der Waals surface area contributed by atoms with Crippen molar-refractivity contribution < 1.29 is 0 Å². The summed E-state index contributed by atoms with van der Waals surface area (Å²) in [5, 5.41) is 0. The van der Waals surface area contributed by atoms with Crippen LogP contribution in [0, 0.1) is 0 Å². The van der Waals surface area contributed by atoms with E-state index in [1.54, 1.807) is 12.4 Å². The molecule has 0 saturated heterocycles. The second kappa shape index (κ2) is 3.78. The number of aromatic amines is 1. The zero-order chi connectivity index (χ0) is 9.80. The zero-order valence-electron chi connectivity index (χ0n) is 7.34. The molecule has 0 bridgehead atoms. The monoisotopic (exact) mass is 188 g/mol. The minimum absolute atomic E-state index is 0.146. The van der Waals surface area contributed by atoms with Crippen molar-refractivity contribution in [3.8, 4) is 0 Å². The van der Waals surface area contributed by atoms with Gasteiger partial charge in [0.25, 0.3) is 5.56 Å². The first-order chi connectivity index (χ1) is 6.84. The number of hydrogen-bond donors (Lipinski definition) is 1. The molecule has 0 saturated carbocycles. The summed E-state index contributed by atoms with van der Waals surface area (Å²) in [5.41, 5.74) is 0.772. The summed E-state index contributed by atoms with van der Waals surface area (Å²) < 4.78 is 0. The fraction of sp³-hybridized carbons (Fsp3) is 0.111. The SMILES string of the molecule is O=c1ccnc(Cc2cncnc2)[nH]1. The molecule has 0 aliphatic heterocycles. The largest absolute Gasteiger partial charge is 0.310 e. The summed E-state index contributed by atoms with van der Waals surface area (Å²) >= 11 is 0. The van der Waals surface area contributed by atoms with Gasteiger partial charge in [0, 0.05) is 31.1 Å². The number of nitrogens with zero attached hydrogens (tertiary/aromatic N) is 3. The van der Waals surface area contributed by atoms with Crippen LogP contribution in [0.4, 0.5) is 0 Å². The average molecular weight is 188 g/mol. The van der Waals surface area contributed by atoms with Crippen LogP contribution in [0.3, 0.4) is 0 Å². The highest BCUT2D eigenvalue weighted by molar-refractivity contribution is 5.09. The summed E-state index contributed by atoms with van der Waals surface area (Å²) in [4.78, 5) is 25.4. The maximum atomic E-state index is 11.0. The van der Waals surface area contributed by atoms with E-state index in [1.807, 2.05) is 0 Å². The molecule has 0 aliphatic rings. The van der Waals surface area contributed by atoms with E-state index in [-0.39, 0.29) is 5.56 Å². The van der Waals surface area contributed by atoms with E-state index < -0.39 is 0 Å². The Kier molecular flexibility index (Phi) is 2.31. The van der Waals surface area contributed by atoms with Gasteiger partial charge in [0.15, 0.2) is 0 Å². The van der Waals surface area contributed by atoms with Crippen molar-refractivity contribution in [3.05, 3.63) is 52.7 Å². The highest BCUT2D eigenvalue weighted by Gasteiger charge is 1.97. The highest BCUT2D eigenvalue weighted by atomic mass is 16.1. The Morgan fingerprint density at radius 3 is 2.79 bits per heavy atom. The molecule has 0 aromatic carbocycles. The van der Waals surface area contributed by atoms with Crippen molar-refractivity contribution in [2.24, 2.45) is 0 Å². The molecule has 2 rings (SSSR count). The third-order valence-electron chi connectivity index (χ3n) is 1.71. The smallest absolute Gasteiger partial charge is 0.250 e. The van der Waals surface area contributed by atoms with E-state index in [4.69, 9.17) is 0 Å². The molecule has 2 aromatic heterocycles. The molecule has 0 unspecified atom stereocenters. The quantitative estimate of drug-likeness (QED) is 0.728. The first kappa shape index (κ1) is 8.55. The predicted octanol–water partition coefficient (Wildman–Crippen LogP) is 0.151. The van der Waals surface area contributed by atoms with E-state index in [2.05, 4.69) is 19.9 Å². The Morgan fingerprint density at radius 2 is 2.07 bits per heavy atom. The molecule has 1 N–H and O–H groups in total. The zero-order valence-corrected chi connectivity index (χ0v) is 7.34. The van der Waals surface area contributed by atoms with Gasteiger partial charge >= 0.3 is 0 Å². The maximum absolute atomic E-state index is 11.0. The Bertz CT molecular complexity index is 465. The van der Waals surface area contributed by atoms with E-state index in [0.717, 1.165) is 5.56 Å². The molecule has 0 spiro atoms. The van der Waals surface area contributed by atoms with E-state index in [9.17, 15) is 4.79 Å². The number of aromatic nitrogens is 4. The van der Waals surface area contributed by atoms with Crippen molar-refractivity contribution in [1.82, 2.24) is 19.9 Å². The fourth-order valence-corrected chi connectivity index (χ4v) is 1.12. The Labute approximate surface area is 79.9 Å². The molecule has 5 heteroatoms. The lowest BCUT2D eigenvalue weighted by atomic mass is 10.2. The average Bonchev–Trinajstić information content (AvgIpc) is 2.19. The van der Waals surface area contributed by atoms with Gasteiger partial charge in [0.2, 0.25) is 0 Å². The summed E-state index contributed by atoms with van der Waals surface area (Å²) in [6.45, 7) is 0. The lowest BCUT2D eigenvalue weighted by Crippen LogP contribution is -2.09. The molecule has 0 atom stereocenters. The second-order valence-electron chi connectivity index (χ2n) is 2.80. The second-order valence-corrected chi connectivity index (χ2v) is 2.80. The lowest BCUT2D eigenvalue weighted by molar-refractivity contribution is 0.930. The molecule has 70 valence electrons. The predicted molar refractivity (Wildman–Crippen MR) is 49.7 cm³/mol. The summed E-state index contributed by atoms with van der Waals surface area (Å²) in [7, 11) is 0. The van der Waals surface area contributed by atoms with Crippen molar-refractivity contribution >= 4 is 0 Å². The van der Waals surface area contributed by atoms with Crippen LogP contribution in [0.15, 0.2) is 35.8 Å². The standard InChI is InChI=1S/C9H8N4O/c14-9-1-2-12-8(13-9)3-7-4-10-6-11-5-7/h1-2,4-6H,3H2,(H,12,13,14). The van der Waals surface area contributed by atoms with Crippen molar-refractivity contribution in [2.75, 3.05) is 0 Å². The fourth-order valence-electron chi connectivity index (χ4n) is 1.12. The van der Waals surface area contributed by atoms with E-state index >= 15 is 0 Å². The first-order valence-electron chi connectivity index (χ1n) is 4.13. The summed E-state index contributed by atoms with van der Waals surface area (Å²) in [5.74, 6) is 0.618. The number of nitrogens with one attached hydrogen (secondary N) is 1. The molecule has 5 nitrogen and oxygen atoms in total. The van der Waals surface area contributed by atoms with Crippen LogP contribution < -0.4 is 5.56 Å². The van der Waals surface area contributed by atoms with Gasteiger partial charge in [-0.2, -0.15) is 0 Å². The van der Waals surface area contributed by atoms with Crippen LogP contribution in [-0.2, 0) is 6.42 Å². The van der Waals surface area contributed by atoms with Crippen LogP contribution >= 0.6 is 0 Å². The minimum Gasteiger partial charge on any atom is -0.310 e.